The van der Waals surface area contributed by atoms with E-state index in [4.69, 9.17) is 5.73 Å². The summed E-state index contributed by atoms with van der Waals surface area (Å²) in [5, 5.41) is 5.57. The second kappa shape index (κ2) is 5.32. The van der Waals surface area contributed by atoms with Crippen LogP contribution in [0.15, 0.2) is 53.6 Å². The van der Waals surface area contributed by atoms with Crippen molar-refractivity contribution >= 4 is 43.0 Å². The van der Waals surface area contributed by atoms with Crippen molar-refractivity contribution in [2.24, 2.45) is 0 Å². The first kappa shape index (κ1) is 14.5. The summed E-state index contributed by atoms with van der Waals surface area (Å²) < 4.78 is 2.39. The van der Waals surface area contributed by atoms with E-state index in [1.165, 1.54) is 24.2 Å². The third-order valence-corrected chi connectivity index (χ3v) is 5.64. The van der Waals surface area contributed by atoms with Crippen LogP contribution in [0.4, 0.5) is 11.4 Å². The number of rotatable bonds is 3. The van der Waals surface area contributed by atoms with E-state index in [1.807, 2.05) is 30.5 Å². The Labute approximate surface area is 147 Å². The molecule has 0 amide bonds. The van der Waals surface area contributed by atoms with Gasteiger partial charge in [-0.1, -0.05) is 0 Å². The Morgan fingerprint density at radius 2 is 1.96 bits per heavy atom. The van der Waals surface area contributed by atoms with Crippen molar-refractivity contribution in [1.82, 2.24) is 9.55 Å². The van der Waals surface area contributed by atoms with Gasteiger partial charge >= 0.3 is 0 Å². The molecule has 0 aliphatic heterocycles. The van der Waals surface area contributed by atoms with Crippen LogP contribution in [0, 0.1) is 0 Å². The van der Waals surface area contributed by atoms with Gasteiger partial charge in [0.2, 0.25) is 0 Å². The second-order valence-corrected chi connectivity index (χ2v) is 7.38. The average molecular weight is 348 g/mol. The van der Waals surface area contributed by atoms with Crippen LogP contribution < -0.4 is 16.6 Å². The number of anilines is 2. The number of nitrogen functional groups attached to an aromatic ring is 1. The van der Waals surface area contributed by atoms with Gasteiger partial charge in [-0.05, 0) is 49.2 Å². The van der Waals surface area contributed by atoms with Gasteiger partial charge in [-0.25, -0.2) is 4.98 Å². The summed E-state index contributed by atoms with van der Waals surface area (Å²) in [6, 6.07) is 11.9. The second-order valence-electron chi connectivity index (χ2n) is 6.38. The van der Waals surface area contributed by atoms with Gasteiger partial charge in [-0.2, -0.15) is 0 Å². The Balaban J connectivity index is 1.74. The molecule has 124 valence electrons. The molecule has 0 atom stereocenters. The summed E-state index contributed by atoms with van der Waals surface area (Å²) in [5.41, 5.74) is 8.28. The van der Waals surface area contributed by atoms with E-state index < -0.39 is 0 Å². The van der Waals surface area contributed by atoms with Gasteiger partial charge in [-0.3, -0.25) is 9.36 Å². The highest BCUT2D eigenvalue weighted by Gasteiger charge is 2.23. The maximum atomic E-state index is 13.0. The van der Waals surface area contributed by atoms with Crippen LogP contribution in [0.3, 0.4) is 0 Å². The topological polar surface area (TPSA) is 72.9 Å². The number of hydrogen-bond acceptors (Lipinski definition) is 5. The van der Waals surface area contributed by atoms with Gasteiger partial charge in [0.05, 0.1) is 0 Å². The zero-order valence-corrected chi connectivity index (χ0v) is 14.2. The number of nitrogens with zero attached hydrogens (tertiary/aromatic N) is 2. The predicted octanol–water partition coefficient (Wildman–Crippen LogP) is 3.76. The Morgan fingerprint density at radius 3 is 2.72 bits per heavy atom. The SMILES string of the molecule is Nc1ccc(-n2ccc3c(sc4nccc(NC5CC5)c43)c2=O)cc1. The van der Waals surface area contributed by atoms with E-state index >= 15 is 0 Å². The van der Waals surface area contributed by atoms with E-state index in [-0.39, 0.29) is 5.56 Å². The summed E-state index contributed by atoms with van der Waals surface area (Å²) in [6.45, 7) is 0. The van der Waals surface area contributed by atoms with Crippen molar-refractivity contribution in [3.05, 3.63) is 59.1 Å². The van der Waals surface area contributed by atoms with Crippen molar-refractivity contribution in [3.63, 3.8) is 0 Å². The molecule has 1 saturated carbocycles. The number of thiophene rings is 1. The quantitative estimate of drug-likeness (QED) is 0.553. The summed E-state index contributed by atoms with van der Waals surface area (Å²) in [4.78, 5) is 18.4. The summed E-state index contributed by atoms with van der Waals surface area (Å²) in [5.74, 6) is 0. The maximum absolute atomic E-state index is 13.0. The average Bonchev–Trinajstić information content (AvgIpc) is 3.34. The van der Waals surface area contributed by atoms with Crippen LogP contribution in [0.5, 0.6) is 0 Å². The lowest BCUT2D eigenvalue weighted by Gasteiger charge is -2.07. The Bertz CT molecular complexity index is 1160. The molecule has 3 aromatic heterocycles. The van der Waals surface area contributed by atoms with Crippen LogP contribution in [-0.2, 0) is 0 Å². The molecule has 1 aliphatic carbocycles. The molecule has 0 bridgehead atoms. The number of aromatic nitrogens is 2. The first-order chi connectivity index (χ1) is 12.2. The molecule has 0 saturated heterocycles. The van der Waals surface area contributed by atoms with E-state index in [0.717, 1.165) is 31.7 Å². The molecule has 0 spiro atoms. The minimum Gasteiger partial charge on any atom is -0.399 e. The first-order valence-electron chi connectivity index (χ1n) is 8.26. The minimum absolute atomic E-state index is 0.0253. The summed E-state index contributed by atoms with van der Waals surface area (Å²) in [6.07, 6.45) is 6.04. The van der Waals surface area contributed by atoms with Gasteiger partial charge in [0.15, 0.2) is 0 Å². The number of benzene rings is 1. The lowest BCUT2D eigenvalue weighted by molar-refractivity contribution is 1.01. The fourth-order valence-electron chi connectivity index (χ4n) is 3.10. The molecule has 5 nitrogen and oxygen atoms in total. The third-order valence-electron chi connectivity index (χ3n) is 4.54. The number of hydrogen-bond donors (Lipinski definition) is 2. The number of fused-ring (bicyclic) bond motifs is 3. The zero-order chi connectivity index (χ0) is 17.0. The van der Waals surface area contributed by atoms with E-state index in [9.17, 15) is 4.79 Å². The fraction of sp³-hybridized carbons (Fsp3) is 0.158. The van der Waals surface area contributed by atoms with Crippen LogP contribution in [0.2, 0.25) is 0 Å². The van der Waals surface area contributed by atoms with Crippen molar-refractivity contribution < 1.29 is 0 Å². The molecular formula is C19H16N4OS. The van der Waals surface area contributed by atoms with E-state index in [2.05, 4.69) is 10.3 Å². The molecule has 4 aromatic rings. The lowest BCUT2D eigenvalue weighted by Crippen LogP contribution is -2.16. The normalized spacial score (nSPS) is 14.2. The summed E-state index contributed by atoms with van der Waals surface area (Å²) in [7, 11) is 0. The van der Waals surface area contributed by atoms with Crippen molar-refractivity contribution in [2.45, 2.75) is 18.9 Å². The standard InChI is InChI=1S/C19H16N4OS/c20-11-1-5-13(6-2-11)23-10-8-14-16-15(22-12-3-4-12)7-9-21-18(16)25-17(14)19(23)24/h1-2,5-10,12H,3-4,20H2,(H,21,22). The number of nitrogens with two attached hydrogens (primary N) is 1. The van der Waals surface area contributed by atoms with Crippen LogP contribution in [0.25, 0.3) is 26.0 Å². The number of nitrogens with one attached hydrogen (secondary N) is 1. The molecule has 1 fully saturated rings. The molecule has 3 heterocycles. The van der Waals surface area contributed by atoms with E-state index in [0.29, 0.717) is 11.7 Å². The van der Waals surface area contributed by atoms with Gasteiger partial charge in [-0.15, -0.1) is 11.3 Å². The lowest BCUT2D eigenvalue weighted by atomic mass is 10.2. The third kappa shape index (κ3) is 2.37. The maximum Gasteiger partial charge on any atom is 0.273 e. The minimum atomic E-state index is -0.0253. The molecule has 3 N–H and O–H groups in total. The van der Waals surface area contributed by atoms with Gasteiger partial charge in [0, 0.05) is 46.3 Å². The zero-order valence-electron chi connectivity index (χ0n) is 13.4. The monoisotopic (exact) mass is 348 g/mol. The highest BCUT2D eigenvalue weighted by molar-refractivity contribution is 7.25. The van der Waals surface area contributed by atoms with Crippen LogP contribution in [0.1, 0.15) is 12.8 Å². The predicted molar refractivity (Wildman–Crippen MR) is 104 cm³/mol. The van der Waals surface area contributed by atoms with Gasteiger partial charge < -0.3 is 11.1 Å². The number of pyridine rings is 2. The molecule has 25 heavy (non-hydrogen) atoms. The fourth-order valence-corrected chi connectivity index (χ4v) is 4.19. The highest BCUT2D eigenvalue weighted by Crippen LogP contribution is 2.37. The van der Waals surface area contributed by atoms with Gasteiger partial charge in [0.25, 0.3) is 5.56 Å². The molecule has 0 unspecified atom stereocenters. The summed E-state index contributed by atoms with van der Waals surface area (Å²) >= 11 is 1.45. The molecular weight excluding hydrogens is 332 g/mol. The Kier molecular flexibility index (Phi) is 3.08. The molecule has 1 aromatic carbocycles. The molecule has 0 radical (unpaired) electrons. The van der Waals surface area contributed by atoms with Crippen LogP contribution >= 0.6 is 11.3 Å². The van der Waals surface area contributed by atoms with Crippen molar-refractivity contribution in [1.29, 1.82) is 0 Å². The molecule has 5 rings (SSSR count). The molecule has 1 aliphatic rings. The first-order valence-corrected chi connectivity index (χ1v) is 9.08. The van der Waals surface area contributed by atoms with Crippen molar-refractivity contribution in [2.75, 3.05) is 11.1 Å². The smallest absolute Gasteiger partial charge is 0.273 e. The highest BCUT2D eigenvalue weighted by atomic mass is 32.1. The van der Waals surface area contributed by atoms with Gasteiger partial charge in [0.1, 0.15) is 9.53 Å². The van der Waals surface area contributed by atoms with Crippen molar-refractivity contribution in [3.8, 4) is 5.69 Å². The molecule has 6 heteroatoms. The Morgan fingerprint density at radius 1 is 1.16 bits per heavy atom. The van der Waals surface area contributed by atoms with Crippen LogP contribution in [-0.4, -0.2) is 15.6 Å². The van der Waals surface area contributed by atoms with E-state index in [1.54, 1.807) is 22.9 Å². The Hall–Kier alpha value is -2.86. The largest absolute Gasteiger partial charge is 0.399 e.